The maximum Gasteiger partial charge on any atom is 0.257 e. The van der Waals surface area contributed by atoms with Gasteiger partial charge in [-0.1, -0.05) is 30.7 Å². The van der Waals surface area contributed by atoms with Gasteiger partial charge in [-0.2, -0.15) is 5.26 Å². The van der Waals surface area contributed by atoms with Gasteiger partial charge in [-0.25, -0.2) is 14.4 Å². The zero-order valence-corrected chi connectivity index (χ0v) is 22.4. The Morgan fingerprint density at radius 3 is 2.46 bits per heavy atom. The average Bonchev–Trinajstić information content (AvgIpc) is 3.69. The van der Waals surface area contributed by atoms with Crippen molar-refractivity contribution in [2.45, 2.75) is 51.0 Å². The minimum atomic E-state index is -1.74. The summed E-state index contributed by atoms with van der Waals surface area (Å²) < 4.78 is 22.9. The molecule has 1 aromatic heterocycles. The van der Waals surface area contributed by atoms with E-state index < -0.39 is 28.5 Å². The van der Waals surface area contributed by atoms with Crippen molar-refractivity contribution in [3.8, 4) is 6.07 Å². The summed E-state index contributed by atoms with van der Waals surface area (Å²) in [6.07, 6.45) is 4.48. The molecule has 0 radical (unpaired) electrons. The van der Waals surface area contributed by atoms with Crippen LogP contribution in [0.15, 0.2) is 48.8 Å². The molecular formula is C29H28ClFN4O4. The second-order valence-corrected chi connectivity index (χ2v) is 10.9. The van der Waals surface area contributed by atoms with Crippen LogP contribution in [0.3, 0.4) is 0 Å². The van der Waals surface area contributed by atoms with Gasteiger partial charge in [-0.15, -0.1) is 0 Å². The van der Waals surface area contributed by atoms with Crippen LogP contribution in [0.25, 0.3) is 0 Å². The van der Waals surface area contributed by atoms with Crippen LogP contribution < -0.4 is 0 Å². The van der Waals surface area contributed by atoms with E-state index in [1.807, 2.05) is 6.07 Å². The smallest absolute Gasteiger partial charge is 0.257 e. The maximum absolute atomic E-state index is 16.3. The Balaban J connectivity index is 1.73. The van der Waals surface area contributed by atoms with E-state index in [0.29, 0.717) is 17.0 Å². The third kappa shape index (κ3) is 4.68. The van der Waals surface area contributed by atoms with E-state index in [1.54, 1.807) is 38.1 Å². The quantitative estimate of drug-likeness (QED) is 0.405. The zero-order chi connectivity index (χ0) is 28.0. The molecule has 2 atom stereocenters. The van der Waals surface area contributed by atoms with Crippen molar-refractivity contribution in [2.75, 3.05) is 13.2 Å². The lowest BCUT2D eigenvalue weighted by atomic mass is 9.87. The minimum absolute atomic E-state index is 0.00728. The van der Waals surface area contributed by atoms with Crippen molar-refractivity contribution < 1.29 is 24.1 Å². The van der Waals surface area contributed by atoms with Gasteiger partial charge in [-0.05, 0) is 56.0 Å². The highest BCUT2D eigenvalue weighted by molar-refractivity contribution is 6.30. The van der Waals surface area contributed by atoms with Gasteiger partial charge in [0.15, 0.2) is 5.72 Å². The Hall–Kier alpha value is -3.42. The molecule has 0 spiro atoms. The lowest BCUT2D eigenvalue weighted by molar-refractivity contribution is -0.131. The number of benzene rings is 2. The highest BCUT2D eigenvalue weighted by Gasteiger charge is 2.56. The number of aromatic nitrogens is 2. The third-order valence-corrected chi connectivity index (χ3v) is 8.10. The molecule has 202 valence electrons. The molecule has 1 aliphatic heterocycles. The van der Waals surface area contributed by atoms with Crippen molar-refractivity contribution in [1.82, 2.24) is 14.9 Å². The molecular weight excluding hydrogens is 523 g/mol. The van der Waals surface area contributed by atoms with Gasteiger partial charge < -0.3 is 14.9 Å². The molecule has 10 heteroatoms. The zero-order valence-electron chi connectivity index (χ0n) is 21.6. The molecule has 5 rings (SSSR count). The molecule has 2 heterocycles. The number of ether oxygens (including phenoxy) is 1. The van der Waals surface area contributed by atoms with Gasteiger partial charge in [0.2, 0.25) is 0 Å². The van der Waals surface area contributed by atoms with Gasteiger partial charge in [-0.3, -0.25) is 9.69 Å². The van der Waals surface area contributed by atoms with Crippen molar-refractivity contribution in [3.63, 3.8) is 0 Å². The largest absolute Gasteiger partial charge is 0.396 e. The number of nitriles is 1. The number of nitrogens with zero attached hydrogens (tertiary/aromatic N) is 4. The molecule has 1 saturated carbocycles. The van der Waals surface area contributed by atoms with Gasteiger partial charge in [0, 0.05) is 28.4 Å². The monoisotopic (exact) mass is 550 g/mol. The Morgan fingerprint density at radius 2 is 1.90 bits per heavy atom. The summed E-state index contributed by atoms with van der Waals surface area (Å²) in [5.41, 5.74) is -2.54. The van der Waals surface area contributed by atoms with E-state index in [2.05, 4.69) is 9.97 Å². The molecule has 1 unspecified atom stereocenters. The first kappa shape index (κ1) is 27.2. The van der Waals surface area contributed by atoms with Crippen LogP contribution in [-0.2, 0) is 22.6 Å². The van der Waals surface area contributed by atoms with Crippen molar-refractivity contribution in [1.29, 1.82) is 5.26 Å². The second-order valence-electron chi connectivity index (χ2n) is 10.5. The number of aliphatic hydroxyl groups is 2. The Bertz CT molecular complexity index is 1450. The molecule has 2 aliphatic rings. The maximum atomic E-state index is 16.3. The van der Waals surface area contributed by atoms with Gasteiger partial charge in [0.25, 0.3) is 5.91 Å². The summed E-state index contributed by atoms with van der Waals surface area (Å²) in [5.74, 6) is -1.02. The number of rotatable bonds is 9. The summed E-state index contributed by atoms with van der Waals surface area (Å²) >= 11 is 6.19. The van der Waals surface area contributed by atoms with Crippen LogP contribution >= 0.6 is 11.6 Å². The number of carbonyl (C=O) groups is 1. The number of aliphatic hydroxyl groups excluding tert-OH is 1. The van der Waals surface area contributed by atoms with E-state index in [1.165, 1.54) is 29.4 Å². The molecule has 1 aliphatic carbocycles. The highest BCUT2D eigenvalue weighted by atomic mass is 35.5. The van der Waals surface area contributed by atoms with Gasteiger partial charge in [0.05, 0.1) is 42.0 Å². The van der Waals surface area contributed by atoms with E-state index in [0.717, 1.165) is 12.8 Å². The normalized spacial score (nSPS) is 20.8. The molecule has 3 aromatic rings. The number of amides is 1. The minimum Gasteiger partial charge on any atom is -0.396 e. The average molecular weight is 551 g/mol. The van der Waals surface area contributed by atoms with Crippen LogP contribution in [-0.4, -0.2) is 44.2 Å². The van der Waals surface area contributed by atoms with Crippen LogP contribution in [0.1, 0.15) is 71.5 Å². The summed E-state index contributed by atoms with van der Waals surface area (Å²) in [4.78, 5) is 24.0. The summed E-state index contributed by atoms with van der Waals surface area (Å²) in [6.45, 7) is 3.14. The summed E-state index contributed by atoms with van der Waals surface area (Å²) in [7, 11) is 0. The number of carbonyl (C=O) groups excluding carboxylic acids is 1. The molecule has 2 N–H and O–H groups in total. The molecule has 1 amide bonds. The SMILES string of the molecule is CCC(C)(O)c1cc(F)c2c(c1)C(=O)N(Cc1ncc(C#N)cn1)[C@@]2(OCC1(CO)CC1)c1ccc(Cl)cc1. The fraction of sp³-hybridized carbons (Fsp3) is 0.379. The van der Waals surface area contributed by atoms with Crippen LogP contribution in [0.5, 0.6) is 0 Å². The lowest BCUT2D eigenvalue weighted by Crippen LogP contribution is -2.48. The van der Waals surface area contributed by atoms with E-state index in [4.69, 9.17) is 21.6 Å². The summed E-state index contributed by atoms with van der Waals surface area (Å²) in [5, 5.41) is 30.5. The molecule has 2 aromatic carbocycles. The predicted molar refractivity (Wildman–Crippen MR) is 140 cm³/mol. The number of halogens is 2. The Kier molecular flexibility index (Phi) is 6.93. The van der Waals surface area contributed by atoms with E-state index >= 15 is 4.39 Å². The van der Waals surface area contributed by atoms with E-state index in [9.17, 15) is 15.0 Å². The topological polar surface area (TPSA) is 120 Å². The van der Waals surface area contributed by atoms with E-state index in [-0.39, 0.29) is 47.8 Å². The molecule has 8 nitrogen and oxygen atoms in total. The standard InChI is InChI=1S/C29H28ClFN4O4/c1-3-27(2,38)20-10-22-25(23(31)11-20)29(19-4-6-21(30)7-5-19,39-17-28(16-36)8-9-28)35(26(22)37)15-24-33-13-18(12-32)14-34-24/h4-7,10-11,13-14,36,38H,3,8-9,15-17H2,1-2H3/t27?,29-/m1/s1. The van der Waals surface area contributed by atoms with Crippen molar-refractivity contribution >= 4 is 17.5 Å². The third-order valence-electron chi connectivity index (χ3n) is 7.84. The van der Waals surface area contributed by atoms with Crippen molar-refractivity contribution in [3.05, 3.63) is 93.3 Å². The van der Waals surface area contributed by atoms with Gasteiger partial charge >= 0.3 is 0 Å². The first-order valence-corrected chi connectivity index (χ1v) is 13.1. The van der Waals surface area contributed by atoms with Crippen LogP contribution in [0.2, 0.25) is 5.02 Å². The Labute approximate surface area is 230 Å². The van der Waals surface area contributed by atoms with Crippen molar-refractivity contribution in [2.24, 2.45) is 5.41 Å². The first-order valence-electron chi connectivity index (χ1n) is 12.7. The molecule has 0 bridgehead atoms. The predicted octanol–water partition coefficient (Wildman–Crippen LogP) is 4.40. The van der Waals surface area contributed by atoms with Crippen LogP contribution in [0.4, 0.5) is 4.39 Å². The molecule has 1 fully saturated rings. The second kappa shape index (κ2) is 9.96. The fourth-order valence-electron chi connectivity index (χ4n) is 4.87. The molecule has 0 saturated heterocycles. The summed E-state index contributed by atoms with van der Waals surface area (Å²) in [6, 6.07) is 11.3. The number of hydrogen-bond acceptors (Lipinski definition) is 7. The number of fused-ring (bicyclic) bond motifs is 1. The fourth-order valence-corrected chi connectivity index (χ4v) is 4.99. The first-order chi connectivity index (χ1) is 18.6. The lowest BCUT2D eigenvalue weighted by Gasteiger charge is -2.40. The Morgan fingerprint density at radius 1 is 1.23 bits per heavy atom. The highest BCUT2D eigenvalue weighted by Crippen LogP contribution is 2.52. The number of hydrogen-bond donors (Lipinski definition) is 2. The molecule has 39 heavy (non-hydrogen) atoms. The van der Waals surface area contributed by atoms with Crippen LogP contribution in [0, 0.1) is 22.6 Å². The van der Waals surface area contributed by atoms with Gasteiger partial charge in [0.1, 0.15) is 17.7 Å².